The first kappa shape index (κ1) is 21.0. The molecule has 31 heavy (non-hydrogen) atoms. The Morgan fingerprint density at radius 3 is 2.03 bits per heavy atom. The van der Waals surface area contributed by atoms with Crippen molar-refractivity contribution in [1.29, 1.82) is 0 Å². The summed E-state index contributed by atoms with van der Waals surface area (Å²) in [5, 5.41) is 18.2. The minimum Gasteiger partial charge on any atom is -0.396 e. The molecule has 5 rings (SSSR count). The van der Waals surface area contributed by atoms with E-state index in [1.165, 1.54) is 16.2 Å². The summed E-state index contributed by atoms with van der Waals surface area (Å²) in [5.74, 6) is 1.63. The van der Waals surface area contributed by atoms with Crippen molar-refractivity contribution >= 4 is 28.4 Å². The van der Waals surface area contributed by atoms with E-state index in [-0.39, 0.29) is 6.04 Å². The number of thiophene rings is 2. The number of nitrogens with two attached hydrogens (primary N) is 1. The van der Waals surface area contributed by atoms with Crippen LogP contribution >= 0.6 is 22.7 Å². The molecule has 5 aromatic rings. The molecule has 160 valence electrons. The SMILES string of the molecule is Cn1ccnc1C(O)c1cccs1.Cn1ccnc1C(c1cccs1)n1cc(N)cn1. The van der Waals surface area contributed by atoms with Gasteiger partial charge in [0.05, 0.1) is 11.9 Å². The van der Waals surface area contributed by atoms with Gasteiger partial charge in [-0.3, -0.25) is 4.68 Å². The summed E-state index contributed by atoms with van der Waals surface area (Å²) in [6.07, 6.45) is 10.1. The Morgan fingerprint density at radius 2 is 1.55 bits per heavy atom. The molecule has 0 aliphatic rings. The van der Waals surface area contributed by atoms with Gasteiger partial charge in [0.1, 0.15) is 23.8 Å². The van der Waals surface area contributed by atoms with E-state index >= 15 is 0 Å². The van der Waals surface area contributed by atoms with Crippen molar-refractivity contribution in [3.8, 4) is 0 Å². The number of aliphatic hydroxyl groups is 1. The van der Waals surface area contributed by atoms with Crippen LogP contribution in [0.3, 0.4) is 0 Å². The molecule has 2 unspecified atom stereocenters. The number of anilines is 1. The van der Waals surface area contributed by atoms with Gasteiger partial charge >= 0.3 is 0 Å². The molecular formula is C21H23N7OS2. The fraction of sp³-hybridized carbons (Fsp3) is 0.190. The van der Waals surface area contributed by atoms with Gasteiger partial charge in [-0.25, -0.2) is 9.97 Å². The third kappa shape index (κ3) is 4.61. The van der Waals surface area contributed by atoms with E-state index in [1.807, 2.05) is 70.1 Å². The number of nitrogens with zero attached hydrogens (tertiary/aromatic N) is 6. The van der Waals surface area contributed by atoms with Crippen molar-refractivity contribution in [2.24, 2.45) is 14.1 Å². The highest BCUT2D eigenvalue weighted by molar-refractivity contribution is 7.10. The second-order valence-electron chi connectivity index (χ2n) is 6.88. The summed E-state index contributed by atoms with van der Waals surface area (Å²) in [4.78, 5) is 10.6. The van der Waals surface area contributed by atoms with E-state index in [0.717, 1.165) is 10.7 Å². The fourth-order valence-corrected chi connectivity index (χ4v) is 4.69. The molecule has 0 saturated heterocycles. The Morgan fingerprint density at radius 1 is 0.935 bits per heavy atom. The highest BCUT2D eigenvalue weighted by atomic mass is 32.1. The number of rotatable bonds is 5. The summed E-state index contributed by atoms with van der Waals surface area (Å²) in [6, 6.07) is 7.92. The van der Waals surface area contributed by atoms with Gasteiger partial charge in [0, 0.05) is 54.8 Å². The molecule has 0 saturated carbocycles. The second-order valence-corrected chi connectivity index (χ2v) is 8.84. The van der Waals surface area contributed by atoms with Crippen LogP contribution in [-0.4, -0.2) is 34.0 Å². The van der Waals surface area contributed by atoms with Crippen LogP contribution in [0.15, 0.2) is 72.2 Å². The van der Waals surface area contributed by atoms with Crippen LogP contribution in [0.25, 0.3) is 0 Å². The lowest BCUT2D eigenvalue weighted by atomic mass is 10.2. The predicted molar refractivity (Wildman–Crippen MR) is 123 cm³/mol. The Balaban J connectivity index is 0.000000158. The van der Waals surface area contributed by atoms with Crippen LogP contribution in [0, 0.1) is 0 Å². The number of aromatic nitrogens is 6. The molecule has 10 heteroatoms. The van der Waals surface area contributed by atoms with Crippen LogP contribution in [-0.2, 0) is 14.1 Å². The molecule has 3 N–H and O–H groups in total. The minimum atomic E-state index is -0.597. The number of nitrogen functional groups attached to an aromatic ring is 1. The van der Waals surface area contributed by atoms with E-state index in [0.29, 0.717) is 11.5 Å². The molecule has 5 heterocycles. The zero-order valence-corrected chi connectivity index (χ0v) is 18.7. The van der Waals surface area contributed by atoms with Crippen LogP contribution in [0.1, 0.15) is 33.5 Å². The van der Waals surface area contributed by atoms with Gasteiger partial charge in [0.25, 0.3) is 0 Å². The molecule has 0 aliphatic heterocycles. The monoisotopic (exact) mass is 453 g/mol. The van der Waals surface area contributed by atoms with Crippen molar-refractivity contribution in [1.82, 2.24) is 28.9 Å². The highest BCUT2D eigenvalue weighted by Crippen LogP contribution is 2.28. The standard InChI is InChI=1S/C12H13N5S.C9H10N2OS/c1-16-5-4-14-12(16)11(10-3-2-6-18-10)17-8-9(13)7-15-17;1-11-5-4-10-9(11)8(12)7-3-2-6-13-7/h2-8,11H,13H2,1H3;2-6,8,12H,1H3. The van der Waals surface area contributed by atoms with E-state index in [4.69, 9.17) is 5.73 Å². The Bertz CT molecular complexity index is 1200. The van der Waals surface area contributed by atoms with Crippen LogP contribution < -0.4 is 5.73 Å². The average Bonchev–Trinajstić information content (AvgIpc) is 3.57. The summed E-state index contributed by atoms with van der Waals surface area (Å²) in [7, 11) is 3.86. The predicted octanol–water partition coefficient (Wildman–Crippen LogP) is 3.46. The molecule has 0 radical (unpaired) electrons. The van der Waals surface area contributed by atoms with Gasteiger partial charge in [-0.2, -0.15) is 5.10 Å². The van der Waals surface area contributed by atoms with Crippen LogP contribution in [0.5, 0.6) is 0 Å². The van der Waals surface area contributed by atoms with Gasteiger partial charge in [0.15, 0.2) is 0 Å². The van der Waals surface area contributed by atoms with Crippen LogP contribution in [0.2, 0.25) is 0 Å². The van der Waals surface area contributed by atoms with Crippen molar-refractivity contribution in [2.45, 2.75) is 12.1 Å². The van der Waals surface area contributed by atoms with Crippen molar-refractivity contribution in [3.05, 3.63) is 93.6 Å². The number of aryl methyl sites for hydroxylation is 2. The number of hydrogen-bond donors (Lipinski definition) is 2. The summed E-state index contributed by atoms with van der Waals surface area (Å²) in [6.45, 7) is 0. The quantitative estimate of drug-likeness (QED) is 0.425. The number of hydrogen-bond acceptors (Lipinski definition) is 7. The lowest BCUT2D eigenvalue weighted by Gasteiger charge is -2.15. The smallest absolute Gasteiger partial charge is 0.146 e. The van der Waals surface area contributed by atoms with E-state index in [9.17, 15) is 5.11 Å². The molecule has 0 aromatic carbocycles. The average molecular weight is 454 g/mol. The Kier molecular flexibility index (Phi) is 6.31. The zero-order chi connectivity index (χ0) is 21.8. The van der Waals surface area contributed by atoms with Crippen molar-refractivity contribution in [3.63, 3.8) is 0 Å². The Hall–Kier alpha value is -3.21. The first-order valence-electron chi connectivity index (χ1n) is 9.53. The molecule has 0 fully saturated rings. The molecule has 5 aromatic heterocycles. The Labute approximate surface area is 187 Å². The van der Waals surface area contributed by atoms with Gasteiger partial charge < -0.3 is 20.0 Å². The summed E-state index contributed by atoms with van der Waals surface area (Å²) >= 11 is 3.22. The van der Waals surface area contributed by atoms with Gasteiger partial charge in [-0.15, -0.1) is 22.7 Å². The maximum atomic E-state index is 9.88. The topological polar surface area (TPSA) is 99.7 Å². The lowest BCUT2D eigenvalue weighted by molar-refractivity contribution is 0.210. The van der Waals surface area contributed by atoms with Crippen molar-refractivity contribution < 1.29 is 5.11 Å². The summed E-state index contributed by atoms with van der Waals surface area (Å²) < 4.78 is 5.68. The molecule has 0 spiro atoms. The maximum absolute atomic E-state index is 9.88. The molecule has 8 nitrogen and oxygen atoms in total. The third-order valence-electron chi connectivity index (χ3n) is 4.72. The third-order valence-corrected chi connectivity index (χ3v) is 6.57. The first-order chi connectivity index (χ1) is 15.0. The zero-order valence-electron chi connectivity index (χ0n) is 17.1. The van der Waals surface area contributed by atoms with Crippen molar-refractivity contribution in [2.75, 3.05) is 5.73 Å². The van der Waals surface area contributed by atoms with Gasteiger partial charge in [-0.05, 0) is 22.9 Å². The second kappa shape index (κ2) is 9.29. The van der Waals surface area contributed by atoms with E-state index in [2.05, 4.69) is 26.5 Å². The lowest BCUT2D eigenvalue weighted by Crippen LogP contribution is -2.16. The fourth-order valence-electron chi connectivity index (χ4n) is 3.17. The van der Waals surface area contributed by atoms with E-state index < -0.39 is 6.10 Å². The number of imidazole rings is 2. The molecule has 0 aliphatic carbocycles. The van der Waals surface area contributed by atoms with Gasteiger partial charge in [0.2, 0.25) is 0 Å². The number of aliphatic hydroxyl groups excluding tert-OH is 1. The normalized spacial score (nSPS) is 12.9. The first-order valence-corrected chi connectivity index (χ1v) is 11.3. The minimum absolute atomic E-state index is 0.0256. The molecule has 0 bridgehead atoms. The molecule has 0 amide bonds. The van der Waals surface area contributed by atoms with E-state index in [1.54, 1.807) is 29.9 Å². The molecular weight excluding hydrogens is 430 g/mol. The highest BCUT2D eigenvalue weighted by Gasteiger charge is 2.22. The largest absolute Gasteiger partial charge is 0.396 e. The van der Waals surface area contributed by atoms with Gasteiger partial charge in [-0.1, -0.05) is 12.1 Å². The maximum Gasteiger partial charge on any atom is 0.146 e. The van der Waals surface area contributed by atoms with Crippen LogP contribution in [0.4, 0.5) is 5.69 Å². The summed E-state index contributed by atoms with van der Waals surface area (Å²) in [5.41, 5.74) is 6.41. The molecule has 2 atom stereocenters.